The molecule has 0 atom stereocenters. The quantitative estimate of drug-likeness (QED) is 0.527. The maximum atomic E-state index is 12.9. The van der Waals surface area contributed by atoms with Crippen LogP contribution in [0.25, 0.3) is 11.3 Å². The van der Waals surface area contributed by atoms with Gasteiger partial charge in [0.1, 0.15) is 5.75 Å². The number of halogens is 1. The third-order valence-corrected chi connectivity index (χ3v) is 6.75. The molecular weight excluding hydrogens is 422 g/mol. The number of aromatic hydroxyl groups is 1. The Balaban J connectivity index is 1.49. The predicted molar refractivity (Wildman–Crippen MR) is 126 cm³/mol. The third-order valence-electron chi connectivity index (χ3n) is 6.50. The highest BCUT2D eigenvalue weighted by atomic mass is 35.5. The lowest BCUT2D eigenvalue weighted by molar-refractivity contribution is -0.115. The molecule has 2 aromatic carbocycles. The van der Waals surface area contributed by atoms with Crippen LogP contribution in [0.3, 0.4) is 0 Å². The van der Waals surface area contributed by atoms with Gasteiger partial charge in [-0.05, 0) is 67.1 Å². The van der Waals surface area contributed by atoms with Crippen molar-refractivity contribution < 1.29 is 9.90 Å². The van der Waals surface area contributed by atoms with E-state index in [0.717, 1.165) is 59.5 Å². The van der Waals surface area contributed by atoms with Gasteiger partial charge in [0.15, 0.2) is 5.82 Å². The van der Waals surface area contributed by atoms with E-state index in [1.165, 1.54) is 19.3 Å². The minimum absolute atomic E-state index is 0.0974. The number of aryl methyl sites for hydroxylation is 2. The molecule has 5 nitrogen and oxygen atoms in total. The number of hydrogen-bond donors (Lipinski definition) is 2. The van der Waals surface area contributed by atoms with Gasteiger partial charge in [0, 0.05) is 16.5 Å². The molecule has 0 bridgehead atoms. The molecule has 2 aliphatic rings. The molecule has 0 radical (unpaired) electrons. The van der Waals surface area contributed by atoms with Gasteiger partial charge in [-0.25, -0.2) is 9.97 Å². The standard InChI is InChI=1S/C26H26ClN3O2/c27-19-9-6-16(7-10-19)14-23(32)29-26-24(17-4-2-1-3-5-17)30-25-21-12-11-20(31)15-18(21)8-13-22(25)28-26/h6-7,9-12,15,17,31H,1-5,8,13-14H2,(H,28,29,32). The zero-order chi connectivity index (χ0) is 22.1. The molecule has 1 saturated carbocycles. The van der Waals surface area contributed by atoms with Crippen molar-refractivity contribution in [3.05, 3.63) is 70.0 Å². The van der Waals surface area contributed by atoms with Gasteiger partial charge in [-0.3, -0.25) is 4.79 Å². The number of aromatic nitrogens is 2. The van der Waals surface area contributed by atoms with E-state index in [2.05, 4.69) is 5.32 Å². The molecule has 2 aliphatic carbocycles. The second kappa shape index (κ2) is 8.91. The number of phenols is 1. The molecule has 1 heterocycles. The molecule has 164 valence electrons. The lowest BCUT2D eigenvalue weighted by Gasteiger charge is -2.26. The number of amides is 1. The first kappa shape index (κ1) is 21.0. The molecule has 0 aliphatic heterocycles. The summed E-state index contributed by atoms with van der Waals surface area (Å²) in [6.07, 6.45) is 7.53. The fourth-order valence-corrected chi connectivity index (χ4v) is 4.99. The average molecular weight is 448 g/mol. The van der Waals surface area contributed by atoms with E-state index in [-0.39, 0.29) is 18.1 Å². The average Bonchev–Trinajstić information content (AvgIpc) is 2.80. The smallest absolute Gasteiger partial charge is 0.229 e. The molecular formula is C26H26ClN3O2. The van der Waals surface area contributed by atoms with Crippen LogP contribution in [-0.2, 0) is 24.1 Å². The molecule has 3 aromatic rings. The minimum Gasteiger partial charge on any atom is -0.508 e. The highest BCUT2D eigenvalue weighted by Gasteiger charge is 2.27. The molecule has 0 unspecified atom stereocenters. The van der Waals surface area contributed by atoms with Crippen LogP contribution in [0.2, 0.25) is 5.02 Å². The second-order valence-electron chi connectivity index (χ2n) is 8.78. The number of anilines is 1. The first-order chi connectivity index (χ1) is 15.6. The van der Waals surface area contributed by atoms with E-state index in [1.54, 1.807) is 18.2 Å². The molecule has 0 spiro atoms. The number of benzene rings is 2. The third kappa shape index (κ3) is 4.35. The number of fused-ring (bicyclic) bond motifs is 3. The van der Waals surface area contributed by atoms with E-state index in [0.29, 0.717) is 16.8 Å². The summed E-state index contributed by atoms with van der Waals surface area (Å²) in [6.45, 7) is 0. The fourth-order valence-electron chi connectivity index (χ4n) is 4.86. The van der Waals surface area contributed by atoms with E-state index >= 15 is 0 Å². The first-order valence-corrected chi connectivity index (χ1v) is 11.7. The lowest BCUT2D eigenvalue weighted by Crippen LogP contribution is -2.21. The van der Waals surface area contributed by atoms with E-state index < -0.39 is 0 Å². The summed E-state index contributed by atoms with van der Waals surface area (Å²) in [7, 11) is 0. The lowest BCUT2D eigenvalue weighted by atomic mass is 9.85. The van der Waals surface area contributed by atoms with Crippen molar-refractivity contribution in [3.63, 3.8) is 0 Å². The fraction of sp³-hybridized carbons (Fsp3) is 0.346. The summed E-state index contributed by atoms with van der Waals surface area (Å²) in [5, 5.41) is 13.6. The second-order valence-corrected chi connectivity index (χ2v) is 9.22. The Hall–Kier alpha value is -2.92. The minimum atomic E-state index is -0.0974. The van der Waals surface area contributed by atoms with Gasteiger partial charge in [0.05, 0.1) is 23.5 Å². The Morgan fingerprint density at radius 3 is 2.59 bits per heavy atom. The normalized spacial score (nSPS) is 15.7. The van der Waals surface area contributed by atoms with Crippen molar-refractivity contribution in [1.82, 2.24) is 9.97 Å². The Labute approximate surface area is 192 Å². The van der Waals surface area contributed by atoms with Crippen LogP contribution in [-0.4, -0.2) is 21.0 Å². The van der Waals surface area contributed by atoms with Crippen LogP contribution in [0.1, 0.15) is 60.5 Å². The Morgan fingerprint density at radius 2 is 1.81 bits per heavy atom. The van der Waals surface area contributed by atoms with Crippen molar-refractivity contribution in [2.24, 2.45) is 0 Å². The van der Waals surface area contributed by atoms with Crippen LogP contribution < -0.4 is 5.32 Å². The van der Waals surface area contributed by atoms with Gasteiger partial charge in [0.25, 0.3) is 0 Å². The number of nitrogens with one attached hydrogen (secondary N) is 1. The first-order valence-electron chi connectivity index (χ1n) is 11.3. The molecule has 1 fully saturated rings. The van der Waals surface area contributed by atoms with Gasteiger partial charge in [-0.15, -0.1) is 0 Å². The molecule has 0 saturated heterocycles. The number of carbonyl (C=O) groups excluding carboxylic acids is 1. The number of hydrogen-bond acceptors (Lipinski definition) is 4. The maximum Gasteiger partial charge on any atom is 0.229 e. The van der Waals surface area contributed by atoms with Crippen molar-refractivity contribution in [2.45, 2.75) is 57.3 Å². The number of phenolic OH excluding ortho intramolecular Hbond substituents is 1. The molecule has 1 amide bonds. The van der Waals surface area contributed by atoms with Gasteiger partial charge >= 0.3 is 0 Å². The molecule has 1 aromatic heterocycles. The van der Waals surface area contributed by atoms with Gasteiger partial charge in [-0.2, -0.15) is 0 Å². The van der Waals surface area contributed by atoms with Gasteiger partial charge < -0.3 is 10.4 Å². The molecule has 2 N–H and O–H groups in total. The summed E-state index contributed by atoms with van der Waals surface area (Å²) in [5.74, 6) is 1.09. The molecule has 32 heavy (non-hydrogen) atoms. The number of carbonyl (C=O) groups is 1. The van der Waals surface area contributed by atoms with Gasteiger partial charge in [0.2, 0.25) is 5.91 Å². The van der Waals surface area contributed by atoms with Crippen molar-refractivity contribution in [1.29, 1.82) is 0 Å². The van der Waals surface area contributed by atoms with Crippen LogP contribution in [0.15, 0.2) is 42.5 Å². The number of nitrogens with zero attached hydrogens (tertiary/aromatic N) is 2. The highest BCUT2D eigenvalue weighted by Crippen LogP contribution is 2.39. The van der Waals surface area contributed by atoms with Crippen molar-refractivity contribution in [2.75, 3.05) is 5.32 Å². The largest absolute Gasteiger partial charge is 0.508 e. The van der Waals surface area contributed by atoms with Crippen molar-refractivity contribution in [3.8, 4) is 17.0 Å². The summed E-state index contributed by atoms with van der Waals surface area (Å²) in [5.41, 5.74) is 5.74. The Kier molecular flexibility index (Phi) is 5.83. The Bertz CT molecular complexity index is 1150. The monoisotopic (exact) mass is 447 g/mol. The SMILES string of the molecule is O=C(Cc1ccc(Cl)cc1)Nc1nc2c(nc1C1CCCCC1)-c1ccc(O)cc1CC2. The van der Waals surface area contributed by atoms with Crippen LogP contribution >= 0.6 is 11.6 Å². The van der Waals surface area contributed by atoms with E-state index in [4.69, 9.17) is 21.6 Å². The van der Waals surface area contributed by atoms with Crippen molar-refractivity contribution >= 4 is 23.3 Å². The summed E-state index contributed by atoms with van der Waals surface area (Å²) in [4.78, 5) is 22.9. The zero-order valence-corrected chi connectivity index (χ0v) is 18.7. The molecule has 5 rings (SSSR count). The topological polar surface area (TPSA) is 75.1 Å². The van der Waals surface area contributed by atoms with E-state index in [1.807, 2.05) is 24.3 Å². The summed E-state index contributed by atoms with van der Waals surface area (Å²) in [6, 6.07) is 12.8. The van der Waals surface area contributed by atoms with Gasteiger partial charge in [-0.1, -0.05) is 43.0 Å². The zero-order valence-electron chi connectivity index (χ0n) is 17.9. The molecule has 6 heteroatoms. The number of rotatable bonds is 4. The summed E-state index contributed by atoms with van der Waals surface area (Å²) < 4.78 is 0. The summed E-state index contributed by atoms with van der Waals surface area (Å²) >= 11 is 5.96. The predicted octanol–water partition coefficient (Wildman–Crippen LogP) is 5.83. The van der Waals surface area contributed by atoms with Crippen LogP contribution in [0.4, 0.5) is 5.82 Å². The Morgan fingerprint density at radius 1 is 1.03 bits per heavy atom. The van der Waals surface area contributed by atoms with Crippen LogP contribution in [0, 0.1) is 0 Å². The van der Waals surface area contributed by atoms with Crippen LogP contribution in [0.5, 0.6) is 5.75 Å². The highest BCUT2D eigenvalue weighted by molar-refractivity contribution is 6.30. The maximum absolute atomic E-state index is 12.9. The van der Waals surface area contributed by atoms with E-state index in [9.17, 15) is 9.90 Å².